The minimum Gasteiger partial charge on any atom is -0.442 e. The van der Waals surface area contributed by atoms with E-state index in [0.29, 0.717) is 6.42 Å². The summed E-state index contributed by atoms with van der Waals surface area (Å²) in [6.07, 6.45) is 11.5. The Morgan fingerprint density at radius 3 is 1.95 bits per heavy atom. The summed E-state index contributed by atoms with van der Waals surface area (Å²) in [7, 11) is 0. The average Bonchev–Trinajstić information content (AvgIpc) is 2.36. The first-order valence-electron chi connectivity index (χ1n) is 7.48. The minimum atomic E-state index is -1.06. The van der Waals surface area contributed by atoms with Crippen LogP contribution in [0.4, 0.5) is 0 Å². The Hall–Kier alpha value is 0.0500. The standard InChI is InChI=1S/C15H28Cl2O2/c1-3-4-5-6-7-8-9-10-11-12-14(18)19-15(2,17)13-16/h3-13H2,1-2H3. The number of carbonyl (C=O) groups is 1. The smallest absolute Gasteiger partial charge is 0.307 e. The topological polar surface area (TPSA) is 26.3 Å². The van der Waals surface area contributed by atoms with Gasteiger partial charge in [0.15, 0.2) is 5.06 Å². The Labute approximate surface area is 128 Å². The Morgan fingerprint density at radius 1 is 1.00 bits per heavy atom. The lowest BCUT2D eigenvalue weighted by molar-refractivity contribution is -0.150. The molecule has 19 heavy (non-hydrogen) atoms. The molecule has 0 aliphatic heterocycles. The number of ether oxygens (including phenoxy) is 1. The molecule has 0 aliphatic rings. The molecule has 0 aromatic rings. The molecule has 1 atom stereocenters. The van der Waals surface area contributed by atoms with E-state index < -0.39 is 5.06 Å². The second-order valence-electron chi connectivity index (χ2n) is 5.29. The molecular weight excluding hydrogens is 283 g/mol. The van der Waals surface area contributed by atoms with Crippen molar-refractivity contribution in [3.63, 3.8) is 0 Å². The molecule has 0 aromatic carbocycles. The van der Waals surface area contributed by atoms with Gasteiger partial charge in [-0.05, 0) is 13.3 Å². The van der Waals surface area contributed by atoms with Crippen LogP contribution in [0.5, 0.6) is 0 Å². The fourth-order valence-corrected chi connectivity index (χ4v) is 2.04. The first kappa shape index (κ1) is 19.1. The van der Waals surface area contributed by atoms with Gasteiger partial charge < -0.3 is 4.74 Å². The fraction of sp³-hybridized carbons (Fsp3) is 0.933. The first-order valence-corrected chi connectivity index (χ1v) is 8.40. The highest BCUT2D eigenvalue weighted by molar-refractivity contribution is 6.30. The number of hydrogen-bond donors (Lipinski definition) is 0. The van der Waals surface area contributed by atoms with Gasteiger partial charge in [-0.25, -0.2) is 0 Å². The Kier molecular flexibility index (Phi) is 11.9. The summed E-state index contributed by atoms with van der Waals surface area (Å²) in [4.78, 5) is 11.5. The van der Waals surface area contributed by atoms with Crippen LogP contribution in [0.25, 0.3) is 0 Å². The molecule has 0 spiro atoms. The van der Waals surface area contributed by atoms with E-state index in [9.17, 15) is 4.79 Å². The molecule has 0 bridgehead atoms. The molecule has 0 amide bonds. The Morgan fingerprint density at radius 2 is 1.47 bits per heavy atom. The zero-order valence-corrected chi connectivity index (χ0v) is 13.9. The zero-order valence-electron chi connectivity index (χ0n) is 12.4. The molecule has 1 unspecified atom stereocenters. The van der Waals surface area contributed by atoms with Gasteiger partial charge in [-0.15, -0.1) is 11.6 Å². The number of halogens is 2. The van der Waals surface area contributed by atoms with Gasteiger partial charge in [-0.1, -0.05) is 69.9 Å². The van der Waals surface area contributed by atoms with E-state index in [0.717, 1.165) is 12.8 Å². The second-order valence-corrected chi connectivity index (χ2v) is 6.35. The summed E-state index contributed by atoms with van der Waals surface area (Å²) in [5.74, 6) is -0.140. The Bertz CT molecular complexity index is 230. The highest BCUT2D eigenvalue weighted by Gasteiger charge is 2.23. The van der Waals surface area contributed by atoms with Gasteiger partial charge in [0.05, 0.1) is 5.88 Å². The number of alkyl halides is 2. The van der Waals surface area contributed by atoms with Crippen molar-refractivity contribution in [1.29, 1.82) is 0 Å². The predicted octanol–water partition coefficient (Wildman–Crippen LogP) is 5.64. The molecule has 0 heterocycles. The van der Waals surface area contributed by atoms with E-state index in [1.54, 1.807) is 6.92 Å². The van der Waals surface area contributed by atoms with Crippen molar-refractivity contribution in [2.75, 3.05) is 5.88 Å². The van der Waals surface area contributed by atoms with E-state index in [1.165, 1.54) is 44.9 Å². The van der Waals surface area contributed by atoms with Gasteiger partial charge in [-0.3, -0.25) is 4.79 Å². The van der Waals surface area contributed by atoms with Gasteiger partial charge in [0.1, 0.15) is 0 Å². The molecule has 114 valence electrons. The molecule has 0 rings (SSSR count). The number of unbranched alkanes of at least 4 members (excludes halogenated alkanes) is 8. The summed E-state index contributed by atoms with van der Waals surface area (Å²) in [6, 6.07) is 0. The predicted molar refractivity (Wildman–Crippen MR) is 82.9 cm³/mol. The van der Waals surface area contributed by atoms with Crippen LogP contribution in [0.2, 0.25) is 0 Å². The van der Waals surface area contributed by atoms with E-state index in [2.05, 4.69) is 6.92 Å². The zero-order chi connectivity index (χ0) is 14.6. The maximum Gasteiger partial charge on any atom is 0.307 e. The summed E-state index contributed by atoms with van der Waals surface area (Å²) in [5.41, 5.74) is 0. The quantitative estimate of drug-likeness (QED) is 0.265. The van der Waals surface area contributed by atoms with Crippen molar-refractivity contribution in [1.82, 2.24) is 0 Å². The number of rotatable bonds is 12. The van der Waals surface area contributed by atoms with Crippen LogP contribution >= 0.6 is 23.2 Å². The molecule has 0 aromatic heterocycles. The van der Waals surface area contributed by atoms with Crippen LogP contribution in [0.15, 0.2) is 0 Å². The van der Waals surface area contributed by atoms with E-state index in [4.69, 9.17) is 27.9 Å². The lowest BCUT2D eigenvalue weighted by atomic mass is 10.1. The summed E-state index contributed by atoms with van der Waals surface area (Å²) < 4.78 is 5.05. The maximum atomic E-state index is 11.5. The van der Waals surface area contributed by atoms with E-state index >= 15 is 0 Å². The fourth-order valence-electron chi connectivity index (χ4n) is 1.90. The third-order valence-electron chi connectivity index (χ3n) is 3.05. The number of carbonyl (C=O) groups excluding carboxylic acids is 1. The van der Waals surface area contributed by atoms with Gasteiger partial charge in [-0.2, -0.15) is 0 Å². The Balaban J connectivity index is 3.32. The van der Waals surface area contributed by atoms with Crippen LogP contribution in [0.3, 0.4) is 0 Å². The van der Waals surface area contributed by atoms with E-state index in [1.807, 2.05) is 0 Å². The molecule has 0 saturated carbocycles. The molecule has 4 heteroatoms. The number of esters is 1. The van der Waals surface area contributed by atoms with Crippen molar-refractivity contribution in [3.8, 4) is 0 Å². The lowest BCUT2D eigenvalue weighted by Crippen LogP contribution is -2.26. The molecule has 0 radical (unpaired) electrons. The molecule has 2 nitrogen and oxygen atoms in total. The van der Waals surface area contributed by atoms with Crippen molar-refractivity contribution in [2.24, 2.45) is 0 Å². The summed E-state index contributed by atoms with van der Waals surface area (Å²) >= 11 is 11.4. The monoisotopic (exact) mass is 310 g/mol. The summed E-state index contributed by atoms with van der Waals surface area (Å²) in [5, 5.41) is -1.06. The van der Waals surface area contributed by atoms with Crippen LogP contribution < -0.4 is 0 Å². The van der Waals surface area contributed by atoms with Crippen molar-refractivity contribution >= 4 is 29.2 Å². The third kappa shape index (κ3) is 12.8. The average molecular weight is 311 g/mol. The van der Waals surface area contributed by atoms with Crippen LogP contribution in [0.1, 0.15) is 78.1 Å². The summed E-state index contributed by atoms with van der Waals surface area (Å²) in [6.45, 7) is 3.84. The SMILES string of the molecule is CCCCCCCCCCCC(=O)OC(C)(Cl)CCl. The van der Waals surface area contributed by atoms with Gasteiger partial charge in [0.2, 0.25) is 0 Å². The van der Waals surface area contributed by atoms with Crippen LogP contribution in [-0.2, 0) is 9.53 Å². The van der Waals surface area contributed by atoms with Crippen molar-refractivity contribution in [2.45, 2.75) is 83.1 Å². The third-order valence-corrected chi connectivity index (χ3v) is 3.91. The van der Waals surface area contributed by atoms with Crippen molar-refractivity contribution < 1.29 is 9.53 Å². The lowest BCUT2D eigenvalue weighted by Gasteiger charge is -2.19. The molecule has 0 N–H and O–H groups in total. The van der Waals surface area contributed by atoms with Gasteiger partial charge in [0, 0.05) is 6.42 Å². The molecule has 0 aliphatic carbocycles. The molecule has 0 saturated heterocycles. The van der Waals surface area contributed by atoms with E-state index in [-0.39, 0.29) is 11.8 Å². The largest absolute Gasteiger partial charge is 0.442 e. The minimum absolute atomic E-state index is 0.109. The maximum absolute atomic E-state index is 11.5. The number of hydrogen-bond acceptors (Lipinski definition) is 2. The highest BCUT2D eigenvalue weighted by atomic mass is 35.5. The van der Waals surface area contributed by atoms with Crippen LogP contribution in [-0.4, -0.2) is 16.9 Å². The normalized spacial score (nSPS) is 14.1. The van der Waals surface area contributed by atoms with Gasteiger partial charge >= 0.3 is 5.97 Å². The van der Waals surface area contributed by atoms with Gasteiger partial charge in [0.25, 0.3) is 0 Å². The highest BCUT2D eigenvalue weighted by Crippen LogP contribution is 2.19. The molecule has 0 fully saturated rings. The van der Waals surface area contributed by atoms with Crippen LogP contribution in [0, 0.1) is 0 Å². The van der Waals surface area contributed by atoms with Crippen molar-refractivity contribution in [3.05, 3.63) is 0 Å². The second kappa shape index (κ2) is 11.8. The molecular formula is C15H28Cl2O2. The first-order chi connectivity index (χ1) is 9.02.